The normalized spacial score (nSPS) is 33.9. The third-order valence-corrected chi connectivity index (χ3v) is 8.42. The van der Waals surface area contributed by atoms with E-state index >= 15 is 0 Å². The highest BCUT2D eigenvalue weighted by Crippen LogP contribution is 2.55. The summed E-state index contributed by atoms with van der Waals surface area (Å²) < 4.78 is 17.4. The van der Waals surface area contributed by atoms with Crippen molar-refractivity contribution in [2.24, 2.45) is 11.8 Å². The highest BCUT2D eigenvalue weighted by atomic mass is 16.6. The number of rotatable bonds is 6. The van der Waals surface area contributed by atoms with E-state index in [0.29, 0.717) is 38.4 Å². The van der Waals surface area contributed by atoms with E-state index in [-0.39, 0.29) is 25.0 Å². The number of esters is 1. The molecular formula is C28H33N3O7. The molecule has 202 valence electrons. The van der Waals surface area contributed by atoms with Crippen molar-refractivity contribution in [2.45, 2.75) is 23.8 Å². The van der Waals surface area contributed by atoms with Gasteiger partial charge in [0.1, 0.15) is 24.2 Å². The lowest BCUT2D eigenvalue weighted by molar-refractivity contribution is -0.155. The first kappa shape index (κ1) is 25.2. The molecule has 10 heteroatoms. The van der Waals surface area contributed by atoms with Crippen molar-refractivity contribution in [3.8, 4) is 0 Å². The highest BCUT2D eigenvalue weighted by molar-refractivity contribution is 5.99. The molecule has 1 N–H and O–H groups in total. The molecule has 2 amide bonds. The van der Waals surface area contributed by atoms with E-state index in [1.165, 1.54) is 4.90 Å². The molecule has 0 aromatic heterocycles. The van der Waals surface area contributed by atoms with Gasteiger partial charge in [-0.2, -0.15) is 0 Å². The quantitative estimate of drug-likeness (QED) is 0.415. The minimum absolute atomic E-state index is 0.115. The molecule has 0 bridgehead atoms. The molecule has 38 heavy (non-hydrogen) atoms. The molecule has 3 fully saturated rings. The summed E-state index contributed by atoms with van der Waals surface area (Å²) in [6.45, 7) is 4.21. The number of benzene rings is 1. The number of likely N-dealkylation sites (tertiary alicyclic amines) is 1. The molecule has 6 rings (SSSR count). The molecule has 0 saturated carbocycles. The van der Waals surface area contributed by atoms with Gasteiger partial charge in [-0.3, -0.25) is 19.3 Å². The summed E-state index contributed by atoms with van der Waals surface area (Å²) >= 11 is 0. The zero-order valence-corrected chi connectivity index (χ0v) is 21.2. The van der Waals surface area contributed by atoms with Gasteiger partial charge in [-0.15, -0.1) is 0 Å². The Kier molecular flexibility index (Phi) is 6.81. The Hall–Kier alpha value is -3.05. The number of hydrogen-bond donors (Lipinski definition) is 1. The molecule has 5 aliphatic heterocycles. The zero-order chi connectivity index (χ0) is 26.3. The summed E-state index contributed by atoms with van der Waals surface area (Å²) in [6, 6.07) is 7.37. The molecule has 3 saturated heterocycles. The van der Waals surface area contributed by atoms with Gasteiger partial charge in [0.05, 0.1) is 37.9 Å². The fourth-order valence-corrected chi connectivity index (χ4v) is 6.61. The Balaban J connectivity index is 1.39. The zero-order valence-electron chi connectivity index (χ0n) is 21.2. The Labute approximate surface area is 221 Å². The Morgan fingerprint density at radius 1 is 1.03 bits per heavy atom. The van der Waals surface area contributed by atoms with E-state index in [1.54, 1.807) is 17.1 Å². The largest absolute Gasteiger partial charge is 0.461 e. The van der Waals surface area contributed by atoms with Crippen LogP contribution >= 0.6 is 0 Å². The second-order valence-electron chi connectivity index (χ2n) is 10.4. The monoisotopic (exact) mass is 523 g/mol. The van der Waals surface area contributed by atoms with Crippen molar-refractivity contribution in [2.75, 3.05) is 59.2 Å². The van der Waals surface area contributed by atoms with Crippen LogP contribution < -0.4 is 0 Å². The fraction of sp³-hybridized carbons (Fsp3) is 0.536. The standard InChI is InChI=1S/C28H33N3O7/c32-18-20(19-6-2-1-3-7-19)31-24-26(34)30(12-11-29-13-16-36-17-14-29)10-5-9-28(24)23(25(31)33)22-21(38-28)8-4-15-37-27(22)35/h1-9,20-24,32H,10-18H2/t20-,21-,22+,23+,24?,28+/m1/s1. The number of aliphatic hydroxyl groups excluding tert-OH is 1. The molecular weight excluding hydrogens is 490 g/mol. The Bertz CT molecular complexity index is 1130. The van der Waals surface area contributed by atoms with Crippen LogP contribution in [0.3, 0.4) is 0 Å². The third kappa shape index (κ3) is 4.07. The van der Waals surface area contributed by atoms with E-state index in [4.69, 9.17) is 14.2 Å². The van der Waals surface area contributed by atoms with Crippen LogP contribution in [0.25, 0.3) is 0 Å². The number of carbonyl (C=O) groups excluding carboxylic acids is 3. The molecule has 10 nitrogen and oxygen atoms in total. The summed E-state index contributed by atoms with van der Waals surface area (Å²) in [7, 11) is 0. The first-order chi connectivity index (χ1) is 18.5. The molecule has 5 aliphatic rings. The fourth-order valence-electron chi connectivity index (χ4n) is 6.61. The SMILES string of the molecule is O=C1OCC=C[C@H]2O[C@]34C=CCN(CCN5CCOCC5)C(=O)C3N([C@H](CO)c3ccccc3)C(=O)[C@@H]4[C@@H]12. The predicted octanol–water partition coefficient (Wildman–Crippen LogP) is 0.144. The van der Waals surface area contributed by atoms with Crippen LogP contribution in [-0.4, -0.2) is 114 Å². The van der Waals surface area contributed by atoms with E-state index in [1.807, 2.05) is 42.5 Å². The number of aliphatic hydroxyl groups is 1. The number of hydrogen-bond acceptors (Lipinski definition) is 8. The number of morpholine rings is 1. The summed E-state index contributed by atoms with van der Waals surface area (Å²) in [4.78, 5) is 47.2. The van der Waals surface area contributed by atoms with Crippen LogP contribution in [0.15, 0.2) is 54.6 Å². The van der Waals surface area contributed by atoms with Crippen molar-refractivity contribution in [3.63, 3.8) is 0 Å². The maximum absolute atomic E-state index is 14.4. The van der Waals surface area contributed by atoms with Gasteiger partial charge in [-0.25, -0.2) is 0 Å². The van der Waals surface area contributed by atoms with Crippen LogP contribution in [0, 0.1) is 11.8 Å². The molecule has 5 heterocycles. The first-order valence-corrected chi connectivity index (χ1v) is 13.3. The molecule has 1 spiro atoms. The van der Waals surface area contributed by atoms with Crippen LogP contribution in [0.4, 0.5) is 0 Å². The van der Waals surface area contributed by atoms with E-state index in [0.717, 1.165) is 13.1 Å². The first-order valence-electron chi connectivity index (χ1n) is 13.3. The van der Waals surface area contributed by atoms with E-state index in [9.17, 15) is 19.5 Å². The molecule has 1 aromatic carbocycles. The maximum atomic E-state index is 14.4. The van der Waals surface area contributed by atoms with Gasteiger partial charge in [0, 0.05) is 32.7 Å². The van der Waals surface area contributed by atoms with Gasteiger partial charge >= 0.3 is 5.97 Å². The molecule has 0 aliphatic carbocycles. The van der Waals surface area contributed by atoms with Gasteiger partial charge < -0.3 is 29.1 Å². The number of amides is 2. The number of nitrogens with zero attached hydrogens (tertiary/aromatic N) is 3. The summed E-state index contributed by atoms with van der Waals surface area (Å²) in [5, 5.41) is 10.5. The van der Waals surface area contributed by atoms with E-state index in [2.05, 4.69) is 4.90 Å². The van der Waals surface area contributed by atoms with Gasteiger partial charge in [-0.05, 0) is 11.6 Å². The van der Waals surface area contributed by atoms with Gasteiger partial charge in [0.25, 0.3) is 0 Å². The van der Waals surface area contributed by atoms with Crippen molar-refractivity contribution in [1.29, 1.82) is 0 Å². The lowest BCUT2D eigenvalue weighted by atomic mass is 9.78. The predicted molar refractivity (Wildman–Crippen MR) is 135 cm³/mol. The lowest BCUT2D eigenvalue weighted by Gasteiger charge is -2.39. The summed E-state index contributed by atoms with van der Waals surface area (Å²) in [6.07, 6.45) is 6.48. The van der Waals surface area contributed by atoms with Crippen LogP contribution in [0.5, 0.6) is 0 Å². The second-order valence-corrected chi connectivity index (χ2v) is 10.4. The molecule has 0 radical (unpaired) electrons. The van der Waals surface area contributed by atoms with Crippen molar-refractivity contribution < 1.29 is 33.7 Å². The average Bonchev–Trinajstić information content (AvgIpc) is 3.24. The smallest absolute Gasteiger partial charge is 0.313 e. The van der Waals surface area contributed by atoms with Crippen LogP contribution in [0.1, 0.15) is 11.6 Å². The maximum Gasteiger partial charge on any atom is 0.313 e. The average molecular weight is 524 g/mol. The van der Waals surface area contributed by atoms with Gasteiger partial charge in [0.2, 0.25) is 11.8 Å². The Morgan fingerprint density at radius 3 is 2.58 bits per heavy atom. The van der Waals surface area contributed by atoms with Crippen LogP contribution in [0.2, 0.25) is 0 Å². The van der Waals surface area contributed by atoms with Crippen molar-refractivity contribution >= 4 is 17.8 Å². The van der Waals surface area contributed by atoms with E-state index < -0.39 is 41.6 Å². The van der Waals surface area contributed by atoms with Crippen molar-refractivity contribution in [1.82, 2.24) is 14.7 Å². The minimum atomic E-state index is -1.35. The number of cyclic esters (lactones) is 1. The van der Waals surface area contributed by atoms with Crippen molar-refractivity contribution in [3.05, 3.63) is 60.2 Å². The third-order valence-electron chi connectivity index (χ3n) is 8.42. The highest BCUT2D eigenvalue weighted by Gasteiger charge is 2.72. The number of carbonyl (C=O) groups is 3. The summed E-state index contributed by atoms with van der Waals surface area (Å²) in [5.41, 5.74) is -0.639. The minimum Gasteiger partial charge on any atom is -0.461 e. The summed E-state index contributed by atoms with van der Waals surface area (Å²) in [5.74, 6) is -2.95. The van der Waals surface area contributed by atoms with Gasteiger partial charge in [0.15, 0.2) is 0 Å². The molecule has 6 atom stereocenters. The molecule has 1 unspecified atom stereocenters. The molecule has 1 aromatic rings. The second kappa shape index (κ2) is 10.3. The topological polar surface area (TPSA) is 109 Å². The Morgan fingerprint density at radius 2 is 1.82 bits per heavy atom. The lowest BCUT2D eigenvalue weighted by Crippen LogP contribution is -2.57. The van der Waals surface area contributed by atoms with Crippen LogP contribution in [-0.2, 0) is 28.6 Å². The number of ether oxygens (including phenoxy) is 3. The van der Waals surface area contributed by atoms with Gasteiger partial charge in [-0.1, -0.05) is 48.6 Å². The number of fused-ring (bicyclic) bond motifs is 2.